The molecule has 1 heterocycles. The van der Waals surface area contributed by atoms with Crippen LogP contribution >= 0.6 is 39.3 Å². The summed E-state index contributed by atoms with van der Waals surface area (Å²) in [5.41, 5.74) is 0.395. The maximum Gasteiger partial charge on any atom is 0.265 e. The van der Waals surface area contributed by atoms with E-state index in [0.717, 1.165) is 4.90 Å². The van der Waals surface area contributed by atoms with E-state index in [2.05, 4.69) is 25.9 Å². The van der Waals surface area contributed by atoms with Crippen LogP contribution in [0, 0.1) is 0 Å². The molecule has 0 amide bonds. The van der Waals surface area contributed by atoms with E-state index in [1.54, 1.807) is 18.9 Å². The lowest BCUT2D eigenvalue weighted by atomic mass is 10.4. The number of rotatable bonds is 5. The number of nitrogens with zero attached hydrogens (tertiary/aromatic N) is 1. The minimum atomic E-state index is -0.200. The predicted octanol–water partition coefficient (Wildman–Crippen LogP) is 3.62. The monoisotopic (exact) mass is 374 g/mol. The first-order valence-electron chi connectivity index (χ1n) is 5.75. The van der Waals surface area contributed by atoms with Gasteiger partial charge in [0.15, 0.2) is 0 Å². The molecule has 0 aliphatic carbocycles. The van der Waals surface area contributed by atoms with Crippen LogP contribution in [0.15, 0.2) is 38.4 Å². The molecule has 0 unspecified atom stereocenters. The molecule has 2 rings (SSSR count). The van der Waals surface area contributed by atoms with Gasteiger partial charge in [-0.2, -0.15) is 0 Å². The average Bonchev–Trinajstić information content (AvgIpc) is 2.42. The maximum atomic E-state index is 11.8. The number of halogens is 2. The summed E-state index contributed by atoms with van der Waals surface area (Å²) in [4.78, 5) is 19.9. The Hall–Kier alpha value is -0.820. The molecule has 0 spiro atoms. The van der Waals surface area contributed by atoms with Gasteiger partial charge in [0, 0.05) is 17.0 Å². The summed E-state index contributed by atoms with van der Waals surface area (Å²) < 4.78 is 5.44. The number of aromatic nitrogens is 2. The van der Waals surface area contributed by atoms with Crippen LogP contribution < -0.4 is 5.56 Å². The lowest BCUT2D eigenvalue weighted by Crippen LogP contribution is -2.15. The molecule has 106 valence electrons. The Labute approximate surface area is 134 Å². The fraction of sp³-hybridized carbons (Fsp3) is 0.231. The highest BCUT2D eigenvalue weighted by Crippen LogP contribution is 2.24. The fourth-order valence-electron chi connectivity index (χ4n) is 1.57. The first kappa shape index (κ1) is 15.6. The Kier molecular flexibility index (Phi) is 5.65. The van der Waals surface area contributed by atoms with Crippen LogP contribution in [-0.2, 0) is 17.1 Å². The van der Waals surface area contributed by atoms with Crippen LogP contribution in [0.5, 0.6) is 0 Å². The molecule has 1 N–H and O–H groups in total. The second-order valence-corrected chi connectivity index (χ2v) is 6.23. The Morgan fingerprint density at radius 3 is 3.00 bits per heavy atom. The van der Waals surface area contributed by atoms with E-state index in [1.807, 2.05) is 24.3 Å². The van der Waals surface area contributed by atoms with Gasteiger partial charge >= 0.3 is 0 Å². The van der Waals surface area contributed by atoms with Crippen molar-refractivity contribution in [2.75, 3.05) is 7.11 Å². The van der Waals surface area contributed by atoms with Gasteiger partial charge in [0.2, 0.25) is 0 Å². The van der Waals surface area contributed by atoms with Gasteiger partial charge in [-0.15, -0.1) is 11.8 Å². The zero-order valence-electron chi connectivity index (χ0n) is 10.7. The lowest BCUT2D eigenvalue weighted by Gasteiger charge is -2.06. The quantitative estimate of drug-likeness (QED) is 0.811. The summed E-state index contributed by atoms with van der Waals surface area (Å²) in [6, 6.07) is 7.55. The molecule has 1 aromatic heterocycles. The van der Waals surface area contributed by atoms with Gasteiger partial charge in [-0.1, -0.05) is 17.7 Å². The standard InChI is InChI=1S/C13H12BrClN2O2S/c1-19-6-10-12(14)13(18)17-11(16-10)7-20-9-4-2-3-8(15)5-9/h2-5H,6-7H2,1H3,(H,16,17,18). The first-order chi connectivity index (χ1) is 9.60. The van der Waals surface area contributed by atoms with Crippen LogP contribution in [-0.4, -0.2) is 17.1 Å². The first-order valence-corrected chi connectivity index (χ1v) is 7.90. The number of benzene rings is 1. The lowest BCUT2D eigenvalue weighted by molar-refractivity contribution is 0.180. The molecule has 0 atom stereocenters. The molecule has 7 heteroatoms. The molecule has 2 aromatic rings. The molecule has 0 bridgehead atoms. The number of ether oxygens (including phenoxy) is 1. The van der Waals surface area contributed by atoms with Crippen molar-refractivity contribution in [1.82, 2.24) is 9.97 Å². The van der Waals surface area contributed by atoms with Crippen LogP contribution in [0.4, 0.5) is 0 Å². The third-order valence-electron chi connectivity index (χ3n) is 2.43. The van der Waals surface area contributed by atoms with Crippen molar-refractivity contribution in [2.45, 2.75) is 17.3 Å². The molecule has 4 nitrogen and oxygen atoms in total. The summed E-state index contributed by atoms with van der Waals surface area (Å²) in [7, 11) is 1.57. The number of methoxy groups -OCH3 is 1. The molecule has 0 fully saturated rings. The Morgan fingerprint density at radius 1 is 1.50 bits per heavy atom. The third kappa shape index (κ3) is 4.09. The highest BCUT2D eigenvalue weighted by Gasteiger charge is 2.09. The molecule has 0 radical (unpaired) electrons. The van der Waals surface area contributed by atoms with Crippen LogP contribution in [0.25, 0.3) is 0 Å². The summed E-state index contributed by atoms with van der Waals surface area (Å²) >= 11 is 10.7. The normalized spacial score (nSPS) is 10.8. The SMILES string of the molecule is COCc1nc(CSc2cccc(Cl)c2)[nH]c(=O)c1Br. The van der Waals surface area contributed by atoms with E-state index in [9.17, 15) is 4.79 Å². The smallest absolute Gasteiger partial charge is 0.265 e. The number of thioether (sulfide) groups is 1. The van der Waals surface area contributed by atoms with Crippen LogP contribution in [0.1, 0.15) is 11.5 Å². The Bertz CT molecular complexity index is 663. The summed E-state index contributed by atoms with van der Waals surface area (Å²) in [5.74, 6) is 1.16. The van der Waals surface area contributed by atoms with E-state index in [-0.39, 0.29) is 5.56 Å². The van der Waals surface area contributed by atoms with Gasteiger partial charge in [0.1, 0.15) is 10.3 Å². The number of aromatic amines is 1. The minimum Gasteiger partial charge on any atom is -0.378 e. The second kappa shape index (κ2) is 7.26. The minimum absolute atomic E-state index is 0.200. The average molecular weight is 376 g/mol. The summed E-state index contributed by atoms with van der Waals surface area (Å²) in [6.07, 6.45) is 0. The van der Waals surface area contributed by atoms with Gasteiger partial charge in [-0.05, 0) is 34.1 Å². The number of hydrogen-bond donors (Lipinski definition) is 1. The third-order valence-corrected chi connectivity index (χ3v) is 4.49. The van der Waals surface area contributed by atoms with Gasteiger partial charge in [0.25, 0.3) is 5.56 Å². The molecular weight excluding hydrogens is 364 g/mol. The molecule has 0 saturated heterocycles. The maximum absolute atomic E-state index is 11.8. The van der Waals surface area contributed by atoms with Gasteiger partial charge in [-0.25, -0.2) is 4.98 Å². The molecule has 0 aliphatic heterocycles. The molecule has 20 heavy (non-hydrogen) atoms. The largest absolute Gasteiger partial charge is 0.378 e. The topological polar surface area (TPSA) is 55.0 Å². The van der Waals surface area contributed by atoms with E-state index in [4.69, 9.17) is 16.3 Å². The van der Waals surface area contributed by atoms with Crippen LogP contribution in [0.3, 0.4) is 0 Å². The number of H-pyrrole nitrogens is 1. The zero-order chi connectivity index (χ0) is 14.5. The number of nitrogens with one attached hydrogen (secondary N) is 1. The van der Waals surface area contributed by atoms with Crippen molar-refractivity contribution in [3.63, 3.8) is 0 Å². The van der Waals surface area contributed by atoms with Crippen LogP contribution in [0.2, 0.25) is 5.02 Å². The van der Waals surface area contributed by atoms with Crippen molar-refractivity contribution in [3.05, 3.63) is 55.6 Å². The Morgan fingerprint density at radius 2 is 2.30 bits per heavy atom. The fourth-order valence-corrected chi connectivity index (χ4v) is 2.95. The van der Waals surface area contributed by atoms with Gasteiger partial charge in [0.05, 0.1) is 18.1 Å². The van der Waals surface area contributed by atoms with Gasteiger partial charge in [-0.3, -0.25) is 4.79 Å². The highest BCUT2D eigenvalue weighted by atomic mass is 79.9. The van der Waals surface area contributed by atoms with Gasteiger partial charge < -0.3 is 9.72 Å². The summed E-state index contributed by atoms with van der Waals surface area (Å²) in [5, 5.41) is 0.687. The van der Waals surface area contributed by atoms with E-state index in [0.29, 0.717) is 33.4 Å². The molecule has 1 aromatic carbocycles. The number of hydrogen-bond acceptors (Lipinski definition) is 4. The van der Waals surface area contributed by atoms with Crippen molar-refractivity contribution >= 4 is 39.3 Å². The highest BCUT2D eigenvalue weighted by molar-refractivity contribution is 9.10. The Balaban J connectivity index is 2.15. The van der Waals surface area contributed by atoms with Crippen molar-refractivity contribution < 1.29 is 4.74 Å². The molecule has 0 saturated carbocycles. The zero-order valence-corrected chi connectivity index (χ0v) is 13.8. The second-order valence-electron chi connectivity index (χ2n) is 3.95. The van der Waals surface area contributed by atoms with E-state index < -0.39 is 0 Å². The predicted molar refractivity (Wildman–Crippen MR) is 84.3 cm³/mol. The molecule has 0 aliphatic rings. The van der Waals surface area contributed by atoms with Crippen molar-refractivity contribution in [1.29, 1.82) is 0 Å². The summed E-state index contributed by atoms with van der Waals surface area (Å²) in [6.45, 7) is 0.291. The van der Waals surface area contributed by atoms with E-state index >= 15 is 0 Å². The van der Waals surface area contributed by atoms with Crippen molar-refractivity contribution in [3.8, 4) is 0 Å². The van der Waals surface area contributed by atoms with Crippen molar-refractivity contribution in [2.24, 2.45) is 0 Å². The van der Waals surface area contributed by atoms with E-state index in [1.165, 1.54) is 0 Å². The molecular formula is C13H12BrClN2O2S.